The standard InChI is InChI=1S/C17H24N2O5/c1-9-6-11(13(18)20)7-10(2)12(9)8-17(19,14(21)22)15(23)24-16(3,4)5/h6-7H,8,19H2,1-5H3,(H2,18,20)(H,21,22). The summed E-state index contributed by atoms with van der Waals surface area (Å²) in [6.45, 7) is 8.29. The highest BCUT2D eigenvalue weighted by Gasteiger charge is 2.46. The Morgan fingerprint density at radius 1 is 1.12 bits per heavy atom. The Kier molecular flexibility index (Phi) is 5.40. The van der Waals surface area contributed by atoms with Gasteiger partial charge in [0.15, 0.2) is 0 Å². The fourth-order valence-corrected chi connectivity index (χ4v) is 2.30. The number of amides is 1. The number of carboxylic acid groups (broad SMARTS) is 1. The predicted octanol–water partition coefficient (Wildman–Crippen LogP) is 1.07. The number of benzene rings is 1. The Morgan fingerprint density at radius 2 is 1.58 bits per heavy atom. The average molecular weight is 336 g/mol. The largest absolute Gasteiger partial charge is 0.479 e. The van der Waals surface area contributed by atoms with Crippen molar-refractivity contribution in [3.8, 4) is 0 Å². The van der Waals surface area contributed by atoms with Crippen molar-refractivity contribution in [2.75, 3.05) is 0 Å². The smallest absolute Gasteiger partial charge is 0.338 e. The fraction of sp³-hybridized carbons (Fsp3) is 0.471. The molecule has 0 saturated carbocycles. The molecule has 0 heterocycles. The number of rotatable bonds is 5. The number of hydrogen-bond donors (Lipinski definition) is 3. The lowest BCUT2D eigenvalue weighted by atomic mass is 9.86. The molecule has 0 fully saturated rings. The van der Waals surface area contributed by atoms with Gasteiger partial charge in [-0.3, -0.25) is 4.79 Å². The number of carbonyl (C=O) groups is 3. The van der Waals surface area contributed by atoms with Gasteiger partial charge in [-0.15, -0.1) is 0 Å². The number of aliphatic carboxylic acids is 1. The SMILES string of the molecule is Cc1cc(C(N)=O)cc(C)c1CC(N)(C(=O)O)C(=O)OC(C)(C)C. The highest BCUT2D eigenvalue weighted by atomic mass is 16.6. The quantitative estimate of drug-likeness (QED) is 0.544. The van der Waals surface area contributed by atoms with E-state index in [2.05, 4.69) is 0 Å². The Bertz CT molecular complexity index is 668. The van der Waals surface area contributed by atoms with E-state index in [-0.39, 0.29) is 6.42 Å². The molecule has 1 aromatic carbocycles. The number of primary amides is 1. The summed E-state index contributed by atoms with van der Waals surface area (Å²) in [4.78, 5) is 35.3. The molecule has 7 nitrogen and oxygen atoms in total. The summed E-state index contributed by atoms with van der Waals surface area (Å²) in [5.41, 5.74) is 10.2. The number of nitrogens with two attached hydrogens (primary N) is 2. The number of hydrogen-bond acceptors (Lipinski definition) is 5. The van der Waals surface area contributed by atoms with E-state index >= 15 is 0 Å². The lowest BCUT2D eigenvalue weighted by molar-refractivity contribution is -0.169. The Labute approximate surface area is 141 Å². The number of aryl methyl sites for hydroxylation is 2. The fourth-order valence-electron chi connectivity index (χ4n) is 2.30. The van der Waals surface area contributed by atoms with Gasteiger partial charge in [-0.05, 0) is 63.4 Å². The molecule has 1 atom stereocenters. The second kappa shape index (κ2) is 6.60. The zero-order valence-electron chi connectivity index (χ0n) is 14.6. The first-order chi connectivity index (χ1) is 10.8. The summed E-state index contributed by atoms with van der Waals surface area (Å²) in [6, 6.07) is 3.09. The van der Waals surface area contributed by atoms with Crippen LogP contribution >= 0.6 is 0 Å². The summed E-state index contributed by atoms with van der Waals surface area (Å²) in [5, 5.41) is 9.49. The molecule has 0 aliphatic heterocycles. The number of carboxylic acids is 1. The van der Waals surface area contributed by atoms with Gasteiger partial charge in [0.2, 0.25) is 11.4 Å². The van der Waals surface area contributed by atoms with Crippen molar-refractivity contribution < 1.29 is 24.2 Å². The van der Waals surface area contributed by atoms with E-state index < -0.39 is 29.0 Å². The Balaban J connectivity index is 3.30. The first-order valence-electron chi connectivity index (χ1n) is 7.43. The summed E-state index contributed by atoms with van der Waals surface area (Å²) in [6.07, 6.45) is -0.256. The van der Waals surface area contributed by atoms with Crippen LogP contribution in [0, 0.1) is 13.8 Å². The molecule has 0 bridgehead atoms. The molecule has 1 unspecified atom stereocenters. The molecule has 0 saturated heterocycles. The summed E-state index contributed by atoms with van der Waals surface area (Å²) in [7, 11) is 0. The van der Waals surface area contributed by atoms with Crippen LogP contribution in [0.4, 0.5) is 0 Å². The summed E-state index contributed by atoms with van der Waals surface area (Å²) < 4.78 is 5.16. The lowest BCUT2D eigenvalue weighted by Gasteiger charge is -2.29. The van der Waals surface area contributed by atoms with E-state index in [4.69, 9.17) is 16.2 Å². The zero-order valence-corrected chi connectivity index (χ0v) is 14.6. The Hall–Kier alpha value is -2.41. The molecule has 5 N–H and O–H groups in total. The van der Waals surface area contributed by atoms with E-state index in [1.807, 2.05) is 0 Å². The van der Waals surface area contributed by atoms with Gasteiger partial charge in [0.05, 0.1) is 0 Å². The lowest BCUT2D eigenvalue weighted by Crippen LogP contribution is -2.58. The Morgan fingerprint density at radius 3 is 1.92 bits per heavy atom. The van der Waals surface area contributed by atoms with Gasteiger partial charge in [0.25, 0.3) is 0 Å². The van der Waals surface area contributed by atoms with Crippen molar-refractivity contribution in [1.82, 2.24) is 0 Å². The van der Waals surface area contributed by atoms with E-state index in [0.717, 1.165) is 0 Å². The maximum atomic E-state index is 12.3. The summed E-state index contributed by atoms with van der Waals surface area (Å²) in [5.74, 6) is -3.08. The number of carbonyl (C=O) groups excluding carboxylic acids is 2. The van der Waals surface area contributed by atoms with Crippen molar-refractivity contribution in [2.45, 2.75) is 52.2 Å². The second-order valence-corrected chi connectivity index (χ2v) is 6.91. The van der Waals surface area contributed by atoms with E-state index in [1.54, 1.807) is 46.8 Å². The van der Waals surface area contributed by atoms with Crippen LogP contribution in [0.2, 0.25) is 0 Å². The van der Waals surface area contributed by atoms with Gasteiger partial charge in [0.1, 0.15) is 5.60 Å². The molecule has 1 amide bonds. The highest BCUT2D eigenvalue weighted by Crippen LogP contribution is 2.24. The number of ether oxygens (including phenoxy) is 1. The zero-order chi connectivity index (χ0) is 18.9. The molecule has 132 valence electrons. The van der Waals surface area contributed by atoms with Gasteiger partial charge >= 0.3 is 11.9 Å². The molecular formula is C17H24N2O5. The van der Waals surface area contributed by atoms with Gasteiger partial charge in [-0.1, -0.05) is 0 Å². The normalized spacial score (nSPS) is 13.9. The van der Waals surface area contributed by atoms with Crippen LogP contribution < -0.4 is 11.5 Å². The van der Waals surface area contributed by atoms with Gasteiger partial charge in [0, 0.05) is 12.0 Å². The summed E-state index contributed by atoms with van der Waals surface area (Å²) >= 11 is 0. The number of esters is 1. The first-order valence-corrected chi connectivity index (χ1v) is 7.43. The van der Waals surface area contributed by atoms with Crippen molar-refractivity contribution in [2.24, 2.45) is 11.5 Å². The maximum absolute atomic E-state index is 12.3. The van der Waals surface area contributed by atoms with E-state index in [9.17, 15) is 19.5 Å². The van der Waals surface area contributed by atoms with Crippen LogP contribution in [0.15, 0.2) is 12.1 Å². The average Bonchev–Trinajstić information content (AvgIpc) is 2.39. The van der Waals surface area contributed by atoms with Gasteiger partial charge in [-0.25, -0.2) is 9.59 Å². The van der Waals surface area contributed by atoms with Crippen LogP contribution in [-0.2, 0) is 20.7 Å². The third kappa shape index (κ3) is 4.32. The molecule has 0 aromatic heterocycles. The highest BCUT2D eigenvalue weighted by molar-refractivity contribution is 6.04. The van der Waals surface area contributed by atoms with Crippen LogP contribution in [0.25, 0.3) is 0 Å². The molecule has 7 heteroatoms. The second-order valence-electron chi connectivity index (χ2n) is 6.91. The van der Waals surface area contributed by atoms with E-state index in [1.165, 1.54) is 0 Å². The first kappa shape index (κ1) is 19.6. The predicted molar refractivity (Wildman–Crippen MR) is 88.5 cm³/mol. The van der Waals surface area contributed by atoms with Gasteiger partial charge < -0.3 is 21.3 Å². The van der Waals surface area contributed by atoms with Crippen LogP contribution in [0.3, 0.4) is 0 Å². The molecular weight excluding hydrogens is 312 g/mol. The minimum atomic E-state index is -2.23. The van der Waals surface area contributed by atoms with Crippen LogP contribution in [0.1, 0.15) is 47.8 Å². The van der Waals surface area contributed by atoms with Crippen LogP contribution in [0.5, 0.6) is 0 Å². The molecule has 1 rings (SSSR count). The molecule has 1 aromatic rings. The molecule has 0 radical (unpaired) electrons. The van der Waals surface area contributed by atoms with Crippen molar-refractivity contribution in [3.05, 3.63) is 34.4 Å². The molecule has 0 spiro atoms. The van der Waals surface area contributed by atoms with Crippen LogP contribution in [-0.4, -0.2) is 34.1 Å². The maximum Gasteiger partial charge on any atom is 0.338 e. The minimum absolute atomic E-state index is 0.256. The van der Waals surface area contributed by atoms with Crippen molar-refractivity contribution in [1.29, 1.82) is 0 Å². The van der Waals surface area contributed by atoms with Gasteiger partial charge in [-0.2, -0.15) is 0 Å². The van der Waals surface area contributed by atoms with E-state index in [0.29, 0.717) is 22.3 Å². The molecule has 0 aliphatic rings. The topological polar surface area (TPSA) is 133 Å². The third-order valence-corrected chi connectivity index (χ3v) is 3.58. The minimum Gasteiger partial charge on any atom is -0.479 e. The molecule has 24 heavy (non-hydrogen) atoms. The third-order valence-electron chi connectivity index (χ3n) is 3.58. The molecule has 0 aliphatic carbocycles. The van der Waals surface area contributed by atoms with Crippen molar-refractivity contribution >= 4 is 17.8 Å². The monoisotopic (exact) mass is 336 g/mol. The van der Waals surface area contributed by atoms with Crippen molar-refractivity contribution in [3.63, 3.8) is 0 Å².